The van der Waals surface area contributed by atoms with E-state index in [2.05, 4.69) is 15.3 Å². The molecule has 2 heterocycles. The summed E-state index contributed by atoms with van der Waals surface area (Å²) in [7, 11) is 0. The molecular formula is C17H21N3OS. The molecule has 0 aromatic carbocycles. The van der Waals surface area contributed by atoms with E-state index in [-0.39, 0.29) is 5.91 Å². The molecule has 1 aliphatic rings. The zero-order chi connectivity index (χ0) is 15.4. The van der Waals surface area contributed by atoms with Crippen molar-refractivity contribution in [1.82, 2.24) is 9.97 Å². The van der Waals surface area contributed by atoms with Crippen LogP contribution in [0.25, 0.3) is 10.6 Å². The van der Waals surface area contributed by atoms with Gasteiger partial charge in [0, 0.05) is 12.6 Å². The summed E-state index contributed by atoms with van der Waals surface area (Å²) in [5, 5.41) is 3.64. The summed E-state index contributed by atoms with van der Waals surface area (Å²) < 4.78 is 0. The number of pyridine rings is 1. The number of thiazole rings is 1. The standard InChI is InChI=1S/C17H21N3OS/c1-12-16(14-9-5-6-10-18-14)22-17(19-12)20-15(21)11-13-7-3-2-4-8-13/h5-6,9-10,13H,2-4,7-8,11H2,1H3,(H,19,20,21). The lowest BCUT2D eigenvalue weighted by atomic mass is 9.87. The highest BCUT2D eigenvalue weighted by atomic mass is 32.1. The molecule has 116 valence electrons. The third kappa shape index (κ3) is 3.71. The van der Waals surface area contributed by atoms with Crippen LogP contribution in [0.1, 0.15) is 44.2 Å². The summed E-state index contributed by atoms with van der Waals surface area (Å²) in [6.07, 6.45) is 8.61. The molecule has 4 nitrogen and oxygen atoms in total. The van der Waals surface area contributed by atoms with Crippen LogP contribution in [0.5, 0.6) is 0 Å². The molecular weight excluding hydrogens is 294 g/mol. The first-order valence-corrected chi connectivity index (χ1v) is 8.72. The molecule has 1 aliphatic carbocycles. The summed E-state index contributed by atoms with van der Waals surface area (Å²) in [6, 6.07) is 5.82. The topological polar surface area (TPSA) is 54.9 Å². The normalized spacial score (nSPS) is 15.7. The summed E-state index contributed by atoms with van der Waals surface area (Å²) >= 11 is 1.50. The van der Waals surface area contributed by atoms with Crippen molar-refractivity contribution in [2.24, 2.45) is 5.92 Å². The van der Waals surface area contributed by atoms with Crippen molar-refractivity contribution in [3.05, 3.63) is 30.1 Å². The van der Waals surface area contributed by atoms with Crippen LogP contribution in [0.15, 0.2) is 24.4 Å². The number of anilines is 1. The first-order chi connectivity index (χ1) is 10.7. The van der Waals surface area contributed by atoms with Crippen molar-refractivity contribution < 1.29 is 4.79 Å². The largest absolute Gasteiger partial charge is 0.302 e. The van der Waals surface area contributed by atoms with E-state index in [9.17, 15) is 4.79 Å². The Morgan fingerprint density at radius 3 is 2.86 bits per heavy atom. The van der Waals surface area contributed by atoms with Gasteiger partial charge in [0.05, 0.1) is 16.3 Å². The number of amides is 1. The van der Waals surface area contributed by atoms with Gasteiger partial charge in [0.15, 0.2) is 5.13 Å². The Bertz CT molecular complexity index is 633. The molecule has 0 saturated heterocycles. The number of hydrogen-bond acceptors (Lipinski definition) is 4. The third-order valence-electron chi connectivity index (χ3n) is 4.14. The van der Waals surface area contributed by atoms with Gasteiger partial charge in [-0.05, 0) is 37.8 Å². The molecule has 2 aromatic rings. The van der Waals surface area contributed by atoms with Crippen molar-refractivity contribution in [3.8, 4) is 10.6 Å². The second-order valence-electron chi connectivity index (χ2n) is 5.90. The van der Waals surface area contributed by atoms with Gasteiger partial charge in [-0.25, -0.2) is 4.98 Å². The zero-order valence-corrected chi connectivity index (χ0v) is 13.7. The SMILES string of the molecule is Cc1nc(NC(=O)CC2CCCCC2)sc1-c1ccccn1. The second-order valence-corrected chi connectivity index (χ2v) is 6.90. The quantitative estimate of drug-likeness (QED) is 0.908. The van der Waals surface area contributed by atoms with E-state index in [1.807, 2.05) is 25.1 Å². The molecule has 0 aliphatic heterocycles. The second kappa shape index (κ2) is 7.01. The minimum atomic E-state index is 0.0909. The third-order valence-corrected chi connectivity index (χ3v) is 5.23. The van der Waals surface area contributed by atoms with E-state index in [0.717, 1.165) is 16.3 Å². The van der Waals surface area contributed by atoms with Crippen LogP contribution in [0.3, 0.4) is 0 Å². The lowest BCUT2D eigenvalue weighted by Gasteiger charge is -2.20. The number of carbonyl (C=O) groups excluding carboxylic acids is 1. The van der Waals surface area contributed by atoms with Crippen LogP contribution in [0.2, 0.25) is 0 Å². The number of nitrogens with one attached hydrogen (secondary N) is 1. The Morgan fingerprint density at radius 1 is 1.32 bits per heavy atom. The van der Waals surface area contributed by atoms with E-state index in [1.54, 1.807) is 6.20 Å². The zero-order valence-electron chi connectivity index (χ0n) is 12.8. The van der Waals surface area contributed by atoms with Gasteiger partial charge >= 0.3 is 0 Å². The van der Waals surface area contributed by atoms with Gasteiger partial charge < -0.3 is 5.32 Å². The van der Waals surface area contributed by atoms with Crippen LogP contribution in [-0.4, -0.2) is 15.9 Å². The van der Waals surface area contributed by atoms with Gasteiger partial charge in [-0.1, -0.05) is 36.7 Å². The Labute approximate surface area is 135 Å². The molecule has 0 bridgehead atoms. The minimum absolute atomic E-state index is 0.0909. The first-order valence-electron chi connectivity index (χ1n) is 7.91. The van der Waals surface area contributed by atoms with Gasteiger partial charge in [0.2, 0.25) is 5.91 Å². The smallest absolute Gasteiger partial charge is 0.226 e. The average Bonchev–Trinajstić information content (AvgIpc) is 2.89. The number of aryl methyl sites for hydroxylation is 1. The monoisotopic (exact) mass is 315 g/mol. The summed E-state index contributed by atoms with van der Waals surface area (Å²) in [5.41, 5.74) is 1.82. The molecule has 3 rings (SSSR count). The molecule has 0 atom stereocenters. The summed E-state index contributed by atoms with van der Waals surface area (Å²) in [4.78, 5) is 22.0. The number of rotatable bonds is 4. The maximum Gasteiger partial charge on any atom is 0.226 e. The van der Waals surface area contributed by atoms with E-state index in [4.69, 9.17) is 0 Å². The van der Waals surface area contributed by atoms with Crippen molar-refractivity contribution in [3.63, 3.8) is 0 Å². The van der Waals surface area contributed by atoms with Gasteiger partial charge in [0.25, 0.3) is 0 Å². The van der Waals surface area contributed by atoms with Crippen LogP contribution >= 0.6 is 11.3 Å². The van der Waals surface area contributed by atoms with Crippen molar-refractivity contribution in [1.29, 1.82) is 0 Å². The fraction of sp³-hybridized carbons (Fsp3) is 0.471. The minimum Gasteiger partial charge on any atom is -0.302 e. The fourth-order valence-electron chi connectivity index (χ4n) is 3.01. The number of carbonyl (C=O) groups is 1. The lowest BCUT2D eigenvalue weighted by Crippen LogP contribution is -2.18. The lowest BCUT2D eigenvalue weighted by molar-refractivity contribution is -0.117. The van der Waals surface area contributed by atoms with Crippen LogP contribution < -0.4 is 5.32 Å². The molecule has 0 unspecified atom stereocenters. The number of aromatic nitrogens is 2. The van der Waals surface area contributed by atoms with Crippen LogP contribution in [0, 0.1) is 12.8 Å². The molecule has 1 saturated carbocycles. The Hall–Kier alpha value is -1.75. The predicted molar refractivity (Wildman–Crippen MR) is 89.9 cm³/mol. The van der Waals surface area contributed by atoms with E-state index >= 15 is 0 Å². The molecule has 1 fully saturated rings. The molecule has 0 spiro atoms. The number of hydrogen-bond donors (Lipinski definition) is 1. The molecule has 5 heteroatoms. The van der Waals surface area contributed by atoms with E-state index in [0.29, 0.717) is 17.5 Å². The Morgan fingerprint density at radius 2 is 2.14 bits per heavy atom. The maximum absolute atomic E-state index is 12.2. The molecule has 2 aromatic heterocycles. The average molecular weight is 315 g/mol. The highest BCUT2D eigenvalue weighted by molar-refractivity contribution is 7.19. The Kier molecular flexibility index (Phi) is 4.83. The summed E-state index contributed by atoms with van der Waals surface area (Å²) in [6.45, 7) is 1.96. The number of nitrogens with zero attached hydrogens (tertiary/aromatic N) is 2. The van der Waals surface area contributed by atoms with E-state index < -0.39 is 0 Å². The molecule has 0 radical (unpaired) electrons. The molecule has 1 N–H and O–H groups in total. The maximum atomic E-state index is 12.2. The summed E-state index contributed by atoms with van der Waals surface area (Å²) in [5.74, 6) is 0.637. The van der Waals surface area contributed by atoms with Gasteiger partial charge in [-0.15, -0.1) is 0 Å². The van der Waals surface area contributed by atoms with Gasteiger partial charge in [0.1, 0.15) is 0 Å². The van der Waals surface area contributed by atoms with Gasteiger partial charge in [-0.3, -0.25) is 9.78 Å². The predicted octanol–water partition coefficient (Wildman–Crippen LogP) is 4.42. The highest BCUT2D eigenvalue weighted by Crippen LogP contribution is 2.32. The van der Waals surface area contributed by atoms with Crippen molar-refractivity contribution in [2.75, 3.05) is 5.32 Å². The van der Waals surface area contributed by atoms with Gasteiger partial charge in [-0.2, -0.15) is 0 Å². The van der Waals surface area contributed by atoms with Crippen LogP contribution in [-0.2, 0) is 4.79 Å². The van der Waals surface area contributed by atoms with Crippen molar-refractivity contribution in [2.45, 2.75) is 45.4 Å². The fourth-order valence-corrected chi connectivity index (χ4v) is 3.97. The Balaban J connectivity index is 1.64. The van der Waals surface area contributed by atoms with Crippen molar-refractivity contribution >= 4 is 22.4 Å². The molecule has 1 amide bonds. The molecule has 22 heavy (non-hydrogen) atoms. The first kappa shape index (κ1) is 15.2. The van der Waals surface area contributed by atoms with E-state index in [1.165, 1.54) is 43.4 Å². The highest BCUT2D eigenvalue weighted by Gasteiger charge is 2.18. The van der Waals surface area contributed by atoms with Crippen LogP contribution in [0.4, 0.5) is 5.13 Å².